The van der Waals surface area contributed by atoms with Gasteiger partial charge in [0.1, 0.15) is 0 Å². The van der Waals surface area contributed by atoms with E-state index in [0.717, 1.165) is 25.7 Å². The van der Waals surface area contributed by atoms with E-state index in [9.17, 15) is 15.3 Å². The maximum Gasteiger partial charge on any atom is 0.0512 e. The molecule has 3 N–H and O–H groups in total. The van der Waals surface area contributed by atoms with Crippen molar-refractivity contribution in [1.82, 2.24) is 0 Å². The molecule has 0 aromatic heterocycles. The van der Waals surface area contributed by atoms with Crippen molar-refractivity contribution in [2.75, 3.05) is 19.8 Å². The molecule has 1 fully saturated rings. The topological polar surface area (TPSA) is 60.7 Å². The van der Waals surface area contributed by atoms with Crippen LogP contribution in [0.25, 0.3) is 0 Å². The number of aliphatic hydroxyl groups excluding tert-OH is 3. The van der Waals surface area contributed by atoms with Gasteiger partial charge in [-0.15, -0.1) is 0 Å². The maximum absolute atomic E-state index is 9.64. The van der Waals surface area contributed by atoms with E-state index < -0.39 is 5.41 Å². The van der Waals surface area contributed by atoms with E-state index in [0.29, 0.717) is 0 Å². The summed E-state index contributed by atoms with van der Waals surface area (Å²) < 4.78 is 0. The molecule has 0 atom stereocenters. The Morgan fingerprint density at radius 2 is 1.40 bits per heavy atom. The Bertz CT molecular complexity index is 179. The zero-order valence-electron chi connectivity index (χ0n) is 9.71. The van der Waals surface area contributed by atoms with Crippen LogP contribution in [0.5, 0.6) is 0 Å². The molecule has 0 aliphatic heterocycles. The van der Waals surface area contributed by atoms with Crippen LogP contribution in [0.1, 0.15) is 45.4 Å². The Morgan fingerprint density at radius 3 is 1.73 bits per heavy atom. The summed E-state index contributed by atoms with van der Waals surface area (Å²) in [6, 6.07) is 0. The fourth-order valence-corrected chi connectivity index (χ4v) is 2.74. The Labute approximate surface area is 92.1 Å². The Balaban J connectivity index is 2.89. The molecule has 0 radical (unpaired) electrons. The lowest BCUT2D eigenvalue weighted by Crippen LogP contribution is -2.47. The van der Waals surface area contributed by atoms with E-state index in [1.54, 1.807) is 0 Å². The van der Waals surface area contributed by atoms with Crippen molar-refractivity contribution in [2.24, 2.45) is 10.8 Å². The fourth-order valence-electron chi connectivity index (χ4n) is 2.74. The summed E-state index contributed by atoms with van der Waals surface area (Å²) in [6.45, 7) is 1.85. The molecule has 1 rings (SSSR count). The largest absolute Gasteiger partial charge is 0.396 e. The molecule has 3 nitrogen and oxygen atoms in total. The third-order valence-electron chi connectivity index (χ3n) is 4.34. The number of rotatable bonds is 4. The van der Waals surface area contributed by atoms with E-state index in [2.05, 4.69) is 0 Å². The van der Waals surface area contributed by atoms with E-state index >= 15 is 0 Å². The molecular formula is C12H24O3. The average molecular weight is 216 g/mol. The SMILES string of the molecule is CC(CO)(CO)C1(CO)CCCCCC1. The Morgan fingerprint density at radius 1 is 0.933 bits per heavy atom. The summed E-state index contributed by atoms with van der Waals surface area (Å²) in [7, 11) is 0. The lowest BCUT2D eigenvalue weighted by molar-refractivity contribution is -0.0849. The standard InChI is InChI=1S/C12H24O3/c1-11(8-13,9-14)12(10-15)6-4-2-3-5-7-12/h13-15H,2-10H2,1H3. The van der Waals surface area contributed by atoms with Crippen molar-refractivity contribution in [3.05, 3.63) is 0 Å². The van der Waals surface area contributed by atoms with Crippen LogP contribution in [0.2, 0.25) is 0 Å². The van der Waals surface area contributed by atoms with E-state index in [4.69, 9.17) is 0 Å². The molecule has 0 heterocycles. The monoisotopic (exact) mass is 216 g/mol. The van der Waals surface area contributed by atoms with Gasteiger partial charge in [0.05, 0.1) is 13.2 Å². The second kappa shape index (κ2) is 5.28. The van der Waals surface area contributed by atoms with E-state index in [-0.39, 0.29) is 25.2 Å². The molecule has 0 unspecified atom stereocenters. The van der Waals surface area contributed by atoms with Crippen molar-refractivity contribution >= 4 is 0 Å². The zero-order valence-corrected chi connectivity index (χ0v) is 9.71. The van der Waals surface area contributed by atoms with Crippen LogP contribution in [0, 0.1) is 10.8 Å². The van der Waals surface area contributed by atoms with Gasteiger partial charge in [0.15, 0.2) is 0 Å². The molecule has 0 aromatic rings. The summed E-state index contributed by atoms with van der Waals surface area (Å²) in [5, 5.41) is 28.6. The van der Waals surface area contributed by atoms with Gasteiger partial charge in [-0.3, -0.25) is 0 Å². The first kappa shape index (κ1) is 12.9. The van der Waals surface area contributed by atoms with Gasteiger partial charge in [0.25, 0.3) is 0 Å². The van der Waals surface area contributed by atoms with Crippen molar-refractivity contribution in [3.8, 4) is 0 Å². The first-order chi connectivity index (χ1) is 7.14. The minimum atomic E-state index is -0.550. The van der Waals surface area contributed by atoms with Crippen LogP contribution in [0.4, 0.5) is 0 Å². The van der Waals surface area contributed by atoms with Crippen molar-refractivity contribution in [1.29, 1.82) is 0 Å². The highest BCUT2D eigenvalue weighted by atomic mass is 16.3. The normalized spacial score (nSPS) is 22.4. The fraction of sp³-hybridized carbons (Fsp3) is 1.00. The summed E-state index contributed by atoms with van der Waals surface area (Å²) in [5.74, 6) is 0. The molecule has 0 amide bonds. The van der Waals surface area contributed by atoms with Crippen molar-refractivity contribution in [2.45, 2.75) is 45.4 Å². The zero-order chi connectivity index (χ0) is 11.4. The summed E-state index contributed by atoms with van der Waals surface area (Å²) in [6.07, 6.45) is 6.43. The van der Waals surface area contributed by atoms with Gasteiger partial charge in [-0.25, -0.2) is 0 Å². The number of aliphatic hydroxyl groups is 3. The van der Waals surface area contributed by atoms with Crippen LogP contribution in [0.3, 0.4) is 0 Å². The van der Waals surface area contributed by atoms with Gasteiger partial charge in [-0.05, 0) is 12.8 Å². The minimum absolute atomic E-state index is 0.0515. The molecule has 0 saturated heterocycles. The highest BCUT2D eigenvalue weighted by Gasteiger charge is 2.46. The quantitative estimate of drug-likeness (QED) is 0.621. The summed E-state index contributed by atoms with van der Waals surface area (Å²) >= 11 is 0. The average Bonchev–Trinajstić information content (AvgIpc) is 2.54. The molecule has 90 valence electrons. The van der Waals surface area contributed by atoms with Gasteiger partial charge >= 0.3 is 0 Å². The number of hydrogen-bond donors (Lipinski definition) is 3. The van der Waals surface area contributed by atoms with Crippen LogP contribution >= 0.6 is 0 Å². The highest BCUT2D eigenvalue weighted by molar-refractivity contribution is 4.95. The van der Waals surface area contributed by atoms with Crippen LogP contribution in [-0.2, 0) is 0 Å². The van der Waals surface area contributed by atoms with Crippen LogP contribution in [-0.4, -0.2) is 35.1 Å². The highest BCUT2D eigenvalue weighted by Crippen LogP contribution is 2.48. The van der Waals surface area contributed by atoms with Gasteiger partial charge in [0, 0.05) is 17.4 Å². The predicted molar refractivity (Wildman–Crippen MR) is 59.5 cm³/mol. The molecule has 0 bridgehead atoms. The van der Waals surface area contributed by atoms with Gasteiger partial charge < -0.3 is 15.3 Å². The first-order valence-electron chi connectivity index (χ1n) is 5.97. The van der Waals surface area contributed by atoms with Gasteiger partial charge in [-0.1, -0.05) is 32.6 Å². The molecule has 0 aromatic carbocycles. The Hall–Kier alpha value is -0.120. The summed E-state index contributed by atoms with van der Waals surface area (Å²) in [5.41, 5.74) is -0.834. The second-order valence-corrected chi connectivity index (χ2v) is 5.23. The number of hydrogen-bond acceptors (Lipinski definition) is 3. The van der Waals surface area contributed by atoms with Crippen LogP contribution in [0.15, 0.2) is 0 Å². The third-order valence-corrected chi connectivity index (χ3v) is 4.34. The van der Waals surface area contributed by atoms with Gasteiger partial charge in [0.2, 0.25) is 0 Å². The van der Waals surface area contributed by atoms with Crippen LogP contribution < -0.4 is 0 Å². The minimum Gasteiger partial charge on any atom is -0.396 e. The third kappa shape index (κ3) is 2.35. The van der Waals surface area contributed by atoms with Crippen molar-refractivity contribution in [3.63, 3.8) is 0 Å². The molecule has 0 spiro atoms. The lowest BCUT2D eigenvalue weighted by atomic mass is 9.61. The summed E-state index contributed by atoms with van der Waals surface area (Å²) in [4.78, 5) is 0. The molecule has 1 aliphatic carbocycles. The van der Waals surface area contributed by atoms with E-state index in [1.165, 1.54) is 12.8 Å². The smallest absolute Gasteiger partial charge is 0.0512 e. The predicted octanol–water partition coefficient (Wildman–Crippen LogP) is 1.31. The molecular weight excluding hydrogens is 192 g/mol. The molecule has 3 heteroatoms. The van der Waals surface area contributed by atoms with Gasteiger partial charge in [-0.2, -0.15) is 0 Å². The molecule has 1 saturated carbocycles. The molecule has 15 heavy (non-hydrogen) atoms. The maximum atomic E-state index is 9.64. The lowest BCUT2D eigenvalue weighted by Gasteiger charge is -2.45. The second-order valence-electron chi connectivity index (χ2n) is 5.23. The Kier molecular flexibility index (Phi) is 4.56. The van der Waals surface area contributed by atoms with Crippen molar-refractivity contribution < 1.29 is 15.3 Å². The van der Waals surface area contributed by atoms with E-state index in [1.807, 2.05) is 6.92 Å². The first-order valence-corrected chi connectivity index (χ1v) is 5.97. The molecule has 1 aliphatic rings.